The summed E-state index contributed by atoms with van der Waals surface area (Å²) >= 11 is 1.49. The predicted molar refractivity (Wildman–Crippen MR) is 101 cm³/mol. The van der Waals surface area contributed by atoms with Crippen LogP contribution in [-0.4, -0.2) is 36.6 Å². The zero-order valence-corrected chi connectivity index (χ0v) is 15.8. The summed E-state index contributed by atoms with van der Waals surface area (Å²) in [6.07, 6.45) is 1.74. The van der Waals surface area contributed by atoms with Gasteiger partial charge in [-0.1, -0.05) is 0 Å². The summed E-state index contributed by atoms with van der Waals surface area (Å²) in [6, 6.07) is 7.40. The standard InChI is InChI=1S/C20H20N2O4S/c1-12-4-7-27-17(12)19(24)22-6-5-20(10-22)9-14(20)18(23)21-13-2-3-15-16(8-13)26-11-25-15/h2-4,7-8,14H,5-6,9-11H2,1H3,(H,21,23)/t14-,20+/m0/s1. The van der Waals surface area contributed by atoms with Crippen molar-refractivity contribution in [3.05, 3.63) is 40.1 Å². The summed E-state index contributed by atoms with van der Waals surface area (Å²) in [4.78, 5) is 28.2. The van der Waals surface area contributed by atoms with E-state index in [-0.39, 0.29) is 29.9 Å². The number of rotatable bonds is 3. The lowest BCUT2D eigenvalue weighted by Crippen LogP contribution is -2.29. The Morgan fingerprint density at radius 2 is 2.11 bits per heavy atom. The van der Waals surface area contributed by atoms with E-state index in [0.29, 0.717) is 23.7 Å². The monoisotopic (exact) mass is 384 g/mol. The number of thiophene rings is 1. The lowest BCUT2D eigenvalue weighted by molar-refractivity contribution is -0.118. The van der Waals surface area contributed by atoms with Crippen molar-refractivity contribution in [3.63, 3.8) is 0 Å². The fraction of sp³-hybridized carbons (Fsp3) is 0.400. The molecular weight excluding hydrogens is 364 g/mol. The van der Waals surface area contributed by atoms with Crippen LogP contribution in [0, 0.1) is 18.3 Å². The number of benzene rings is 1. The Balaban J connectivity index is 1.23. The van der Waals surface area contributed by atoms with Crippen molar-refractivity contribution in [2.45, 2.75) is 19.8 Å². The molecular formula is C20H20N2O4S. The van der Waals surface area contributed by atoms with Crippen molar-refractivity contribution in [3.8, 4) is 11.5 Å². The molecule has 7 heteroatoms. The van der Waals surface area contributed by atoms with Gasteiger partial charge in [-0.05, 0) is 48.9 Å². The van der Waals surface area contributed by atoms with Crippen LogP contribution in [0.15, 0.2) is 29.6 Å². The molecule has 0 bridgehead atoms. The van der Waals surface area contributed by atoms with Gasteiger partial charge in [0.1, 0.15) is 0 Å². The van der Waals surface area contributed by atoms with Gasteiger partial charge in [0.2, 0.25) is 12.7 Å². The number of amides is 2. The summed E-state index contributed by atoms with van der Waals surface area (Å²) < 4.78 is 10.7. The molecule has 2 fully saturated rings. The highest BCUT2D eigenvalue weighted by molar-refractivity contribution is 7.12. The number of carbonyl (C=O) groups is 2. The number of fused-ring (bicyclic) bond motifs is 1. The number of anilines is 1. The number of ether oxygens (including phenoxy) is 2. The minimum absolute atomic E-state index is 0.0236. The minimum Gasteiger partial charge on any atom is -0.454 e. The van der Waals surface area contributed by atoms with Gasteiger partial charge in [0.05, 0.1) is 4.88 Å². The molecule has 3 heterocycles. The topological polar surface area (TPSA) is 67.9 Å². The highest BCUT2D eigenvalue weighted by Gasteiger charge is 2.61. The van der Waals surface area contributed by atoms with Gasteiger partial charge in [-0.2, -0.15) is 0 Å². The predicted octanol–water partition coefficient (Wildman–Crippen LogP) is 3.28. The third-order valence-corrected chi connectivity index (χ3v) is 6.88. The number of likely N-dealkylation sites (tertiary alicyclic amines) is 1. The molecule has 1 spiro atoms. The smallest absolute Gasteiger partial charge is 0.264 e. The van der Waals surface area contributed by atoms with Crippen LogP contribution in [0.5, 0.6) is 11.5 Å². The fourth-order valence-corrected chi connectivity index (χ4v) is 5.07. The number of hydrogen-bond donors (Lipinski definition) is 1. The summed E-state index contributed by atoms with van der Waals surface area (Å²) in [5.41, 5.74) is 1.69. The second-order valence-electron chi connectivity index (χ2n) is 7.59. The maximum atomic E-state index is 12.7. The molecule has 1 saturated carbocycles. The molecule has 1 aromatic carbocycles. The van der Waals surface area contributed by atoms with Crippen LogP contribution in [0.25, 0.3) is 0 Å². The molecule has 6 nitrogen and oxygen atoms in total. The summed E-state index contributed by atoms with van der Waals surface area (Å²) in [5, 5.41) is 4.94. The van der Waals surface area contributed by atoms with E-state index in [9.17, 15) is 9.59 Å². The normalized spacial score (nSPS) is 25.1. The van der Waals surface area contributed by atoms with Crippen LogP contribution in [0.2, 0.25) is 0 Å². The summed E-state index contributed by atoms with van der Waals surface area (Å²) in [5.74, 6) is 1.44. The van der Waals surface area contributed by atoms with E-state index in [1.807, 2.05) is 29.3 Å². The highest BCUT2D eigenvalue weighted by atomic mass is 32.1. The number of nitrogens with zero attached hydrogens (tertiary/aromatic N) is 1. The van der Waals surface area contributed by atoms with Crippen LogP contribution in [0.3, 0.4) is 0 Å². The molecule has 2 atom stereocenters. The molecule has 1 aromatic heterocycles. The molecule has 3 aliphatic rings. The van der Waals surface area contributed by atoms with Crippen LogP contribution in [0.4, 0.5) is 5.69 Å². The van der Waals surface area contributed by atoms with E-state index in [4.69, 9.17) is 9.47 Å². The Morgan fingerprint density at radius 1 is 1.26 bits per heavy atom. The first-order valence-electron chi connectivity index (χ1n) is 9.10. The van der Waals surface area contributed by atoms with Gasteiger partial charge in [0.15, 0.2) is 11.5 Å². The van der Waals surface area contributed by atoms with E-state index in [1.165, 1.54) is 11.3 Å². The average Bonchev–Trinajstić information content (AvgIpc) is 3.05. The number of aryl methyl sites for hydroxylation is 1. The lowest BCUT2D eigenvalue weighted by atomic mass is 10.0. The van der Waals surface area contributed by atoms with E-state index in [0.717, 1.165) is 29.8 Å². The molecule has 2 amide bonds. The fourth-order valence-electron chi connectivity index (χ4n) is 4.18. The molecule has 140 valence electrons. The summed E-state index contributed by atoms with van der Waals surface area (Å²) in [7, 11) is 0. The Labute approximate surface area is 161 Å². The molecule has 2 aromatic rings. The Hall–Kier alpha value is -2.54. The molecule has 5 rings (SSSR count). The zero-order chi connectivity index (χ0) is 18.6. The van der Waals surface area contributed by atoms with Crippen LogP contribution in [0.1, 0.15) is 28.1 Å². The van der Waals surface area contributed by atoms with Crippen LogP contribution >= 0.6 is 11.3 Å². The van der Waals surface area contributed by atoms with Crippen molar-refractivity contribution >= 4 is 28.8 Å². The maximum Gasteiger partial charge on any atom is 0.264 e. The van der Waals surface area contributed by atoms with Crippen LogP contribution < -0.4 is 14.8 Å². The highest BCUT2D eigenvalue weighted by Crippen LogP contribution is 2.59. The first-order valence-corrected chi connectivity index (χ1v) is 9.98. The van der Waals surface area contributed by atoms with Gasteiger partial charge in [-0.15, -0.1) is 11.3 Å². The first kappa shape index (κ1) is 16.6. The number of nitrogens with one attached hydrogen (secondary N) is 1. The molecule has 1 N–H and O–H groups in total. The van der Waals surface area contributed by atoms with Gasteiger partial charge in [-0.3, -0.25) is 9.59 Å². The Bertz CT molecular complexity index is 940. The second kappa shape index (κ2) is 5.99. The van der Waals surface area contributed by atoms with Gasteiger partial charge in [-0.25, -0.2) is 0 Å². The van der Waals surface area contributed by atoms with E-state index < -0.39 is 0 Å². The third kappa shape index (κ3) is 2.77. The SMILES string of the molecule is Cc1ccsc1C(=O)N1CC[C@@]2(C[C@H]2C(=O)Nc2ccc3c(c2)OCO3)C1. The molecule has 0 unspecified atom stereocenters. The zero-order valence-electron chi connectivity index (χ0n) is 15.0. The Kier molecular flexibility index (Phi) is 3.69. The van der Waals surface area contributed by atoms with E-state index >= 15 is 0 Å². The van der Waals surface area contributed by atoms with Crippen molar-refractivity contribution in [1.82, 2.24) is 4.90 Å². The number of carbonyl (C=O) groups excluding carboxylic acids is 2. The first-order chi connectivity index (χ1) is 13.1. The second-order valence-corrected chi connectivity index (χ2v) is 8.50. The van der Waals surface area contributed by atoms with Crippen molar-refractivity contribution in [1.29, 1.82) is 0 Å². The molecule has 0 radical (unpaired) electrons. The van der Waals surface area contributed by atoms with Crippen LogP contribution in [-0.2, 0) is 4.79 Å². The molecule has 1 aliphatic carbocycles. The van der Waals surface area contributed by atoms with Crippen molar-refractivity contribution < 1.29 is 19.1 Å². The van der Waals surface area contributed by atoms with Gasteiger partial charge >= 0.3 is 0 Å². The molecule has 27 heavy (non-hydrogen) atoms. The number of hydrogen-bond acceptors (Lipinski definition) is 5. The summed E-state index contributed by atoms with van der Waals surface area (Å²) in [6.45, 7) is 3.58. The Morgan fingerprint density at radius 3 is 2.93 bits per heavy atom. The molecule has 1 saturated heterocycles. The van der Waals surface area contributed by atoms with E-state index in [2.05, 4.69) is 5.32 Å². The van der Waals surface area contributed by atoms with Crippen molar-refractivity contribution in [2.24, 2.45) is 11.3 Å². The average molecular weight is 384 g/mol. The third-order valence-electron chi connectivity index (χ3n) is 5.88. The minimum atomic E-state index is -0.0543. The van der Waals surface area contributed by atoms with Gasteiger partial charge in [0, 0.05) is 36.2 Å². The molecule has 2 aliphatic heterocycles. The largest absolute Gasteiger partial charge is 0.454 e. The maximum absolute atomic E-state index is 12.7. The van der Waals surface area contributed by atoms with Gasteiger partial charge < -0.3 is 19.7 Å². The van der Waals surface area contributed by atoms with E-state index in [1.54, 1.807) is 12.1 Å². The van der Waals surface area contributed by atoms with Gasteiger partial charge in [0.25, 0.3) is 5.91 Å². The van der Waals surface area contributed by atoms with Crippen molar-refractivity contribution in [2.75, 3.05) is 25.2 Å². The lowest BCUT2D eigenvalue weighted by Gasteiger charge is -2.16. The quantitative estimate of drug-likeness (QED) is 0.882.